The van der Waals surface area contributed by atoms with Crippen molar-refractivity contribution in [1.29, 1.82) is 0 Å². The number of rotatable bonds is 4. The van der Waals surface area contributed by atoms with Gasteiger partial charge in [0.2, 0.25) is 0 Å². The van der Waals surface area contributed by atoms with E-state index >= 15 is 0 Å². The number of methoxy groups -OCH3 is 1. The molecule has 0 aromatic heterocycles. The third-order valence-electron chi connectivity index (χ3n) is 4.33. The second kappa shape index (κ2) is 5.70. The molecule has 1 saturated carbocycles. The fourth-order valence-electron chi connectivity index (χ4n) is 2.68. The van der Waals surface area contributed by atoms with Gasteiger partial charge in [0.1, 0.15) is 11.4 Å². The summed E-state index contributed by atoms with van der Waals surface area (Å²) in [6, 6.07) is 6.33. The van der Waals surface area contributed by atoms with E-state index in [-0.39, 0.29) is 17.0 Å². The molecule has 2 rings (SSSR count). The van der Waals surface area contributed by atoms with E-state index in [9.17, 15) is 4.79 Å². The van der Waals surface area contributed by atoms with Crippen LogP contribution in [0.1, 0.15) is 57.6 Å². The van der Waals surface area contributed by atoms with Crippen LogP contribution in [0.15, 0.2) is 18.2 Å². The van der Waals surface area contributed by atoms with Crippen LogP contribution in [0, 0.1) is 6.92 Å². The average molecular weight is 290 g/mol. The van der Waals surface area contributed by atoms with Gasteiger partial charge >= 0.3 is 5.97 Å². The molecule has 1 fully saturated rings. The molecule has 0 saturated heterocycles. The molecule has 0 bridgehead atoms. The number of ether oxygens (including phenoxy) is 2. The first-order chi connectivity index (χ1) is 9.76. The molecule has 0 unspecified atom stereocenters. The second-order valence-electron chi connectivity index (χ2n) is 7.12. The van der Waals surface area contributed by atoms with Crippen molar-refractivity contribution in [2.45, 2.75) is 64.4 Å². The van der Waals surface area contributed by atoms with Crippen molar-refractivity contribution in [3.63, 3.8) is 0 Å². The Kier molecular flexibility index (Phi) is 4.31. The summed E-state index contributed by atoms with van der Waals surface area (Å²) in [7, 11) is 1.43. The van der Waals surface area contributed by atoms with Gasteiger partial charge in [0.05, 0.1) is 13.5 Å². The second-order valence-corrected chi connectivity index (χ2v) is 7.12. The number of aryl methyl sites for hydroxylation is 1. The number of hydrogen-bond donors (Lipinski definition) is 0. The van der Waals surface area contributed by atoms with Crippen LogP contribution < -0.4 is 4.74 Å². The van der Waals surface area contributed by atoms with Gasteiger partial charge in [0.25, 0.3) is 0 Å². The molecule has 21 heavy (non-hydrogen) atoms. The summed E-state index contributed by atoms with van der Waals surface area (Å²) in [4.78, 5) is 11.6. The zero-order valence-electron chi connectivity index (χ0n) is 13.8. The molecule has 3 nitrogen and oxygen atoms in total. The summed E-state index contributed by atoms with van der Waals surface area (Å²) in [5.74, 6) is 0.685. The molecule has 1 aromatic rings. The maximum atomic E-state index is 11.6. The van der Waals surface area contributed by atoms with Crippen molar-refractivity contribution in [2.24, 2.45) is 0 Å². The summed E-state index contributed by atoms with van der Waals surface area (Å²) < 4.78 is 11.0. The van der Waals surface area contributed by atoms with Crippen molar-refractivity contribution >= 4 is 5.97 Å². The fourth-order valence-corrected chi connectivity index (χ4v) is 2.68. The number of carbonyl (C=O) groups excluding carboxylic acids is 1. The normalized spacial score (nSPS) is 17.0. The number of carbonyl (C=O) groups is 1. The lowest BCUT2D eigenvalue weighted by Crippen LogP contribution is -2.45. The maximum absolute atomic E-state index is 11.6. The van der Waals surface area contributed by atoms with Crippen molar-refractivity contribution in [3.8, 4) is 5.75 Å². The maximum Gasteiger partial charge on any atom is 0.309 e. The van der Waals surface area contributed by atoms with E-state index in [0.717, 1.165) is 30.6 Å². The Bertz CT molecular complexity index is 522. The topological polar surface area (TPSA) is 35.5 Å². The Labute approximate surface area is 127 Å². The van der Waals surface area contributed by atoms with Crippen LogP contribution in [-0.2, 0) is 14.9 Å². The van der Waals surface area contributed by atoms with Gasteiger partial charge in [-0.05, 0) is 48.8 Å². The van der Waals surface area contributed by atoms with Crippen molar-refractivity contribution in [3.05, 3.63) is 29.3 Å². The van der Waals surface area contributed by atoms with Gasteiger partial charge in [0.15, 0.2) is 0 Å². The highest BCUT2D eigenvalue weighted by molar-refractivity contribution is 5.70. The van der Waals surface area contributed by atoms with Crippen LogP contribution in [-0.4, -0.2) is 18.7 Å². The fraction of sp³-hybridized carbons (Fsp3) is 0.611. The largest absolute Gasteiger partial charge is 0.486 e. The molecule has 0 N–H and O–H groups in total. The predicted octanol–water partition coefficient (Wildman–Crippen LogP) is 4.16. The highest BCUT2D eigenvalue weighted by Gasteiger charge is 2.42. The first kappa shape index (κ1) is 15.9. The van der Waals surface area contributed by atoms with Gasteiger partial charge in [-0.1, -0.05) is 32.9 Å². The summed E-state index contributed by atoms with van der Waals surface area (Å²) in [5.41, 5.74) is 2.19. The van der Waals surface area contributed by atoms with E-state index in [2.05, 4.69) is 39.8 Å². The molecule has 0 aliphatic heterocycles. The van der Waals surface area contributed by atoms with Crippen LogP contribution in [0.25, 0.3) is 0 Å². The van der Waals surface area contributed by atoms with Crippen molar-refractivity contribution < 1.29 is 14.3 Å². The predicted molar refractivity (Wildman–Crippen MR) is 83.7 cm³/mol. The van der Waals surface area contributed by atoms with E-state index in [0.29, 0.717) is 6.42 Å². The highest BCUT2D eigenvalue weighted by atomic mass is 16.5. The standard InChI is InChI=1S/C18H26O3/c1-13-11-14(17(2,3)4)7-8-15(13)21-18(9-6-10-18)12-16(19)20-5/h7-8,11H,6,9-10,12H2,1-5H3. The number of benzene rings is 1. The van der Waals surface area contributed by atoms with Gasteiger partial charge in [-0.3, -0.25) is 4.79 Å². The Morgan fingerprint density at radius 3 is 2.38 bits per heavy atom. The Hall–Kier alpha value is -1.51. The molecule has 1 aliphatic rings. The van der Waals surface area contributed by atoms with Crippen molar-refractivity contribution in [2.75, 3.05) is 7.11 Å². The van der Waals surface area contributed by atoms with Crippen LogP contribution in [0.4, 0.5) is 0 Å². The first-order valence-corrected chi connectivity index (χ1v) is 7.63. The molecule has 116 valence electrons. The van der Waals surface area contributed by atoms with Gasteiger partial charge < -0.3 is 9.47 Å². The average Bonchev–Trinajstić information content (AvgIpc) is 2.36. The summed E-state index contributed by atoms with van der Waals surface area (Å²) in [5, 5.41) is 0. The Morgan fingerprint density at radius 1 is 1.29 bits per heavy atom. The minimum atomic E-state index is -0.360. The monoisotopic (exact) mass is 290 g/mol. The van der Waals surface area contributed by atoms with Crippen LogP contribution in [0.3, 0.4) is 0 Å². The summed E-state index contributed by atoms with van der Waals surface area (Å²) in [6.07, 6.45) is 3.28. The molecule has 0 atom stereocenters. The lowest BCUT2D eigenvalue weighted by atomic mass is 9.77. The minimum absolute atomic E-state index is 0.128. The van der Waals surface area contributed by atoms with Gasteiger partial charge in [0, 0.05) is 0 Å². The van der Waals surface area contributed by atoms with Gasteiger partial charge in [-0.25, -0.2) is 0 Å². The van der Waals surface area contributed by atoms with Crippen LogP contribution >= 0.6 is 0 Å². The molecule has 1 aliphatic carbocycles. The minimum Gasteiger partial charge on any atom is -0.486 e. The number of esters is 1. The first-order valence-electron chi connectivity index (χ1n) is 7.63. The zero-order chi connectivity index (χ0) is 15.7. The molecular formula is C18H26O3. The van der Waals surface area contributed by atoms with Crippen molar-refractivity contribution in [1.82, 2.24) is 0 Å². The lowest BCUT2D eigenvalue weighted by Gasteiger charge is -2.41. The zero-order valence-corrected chi connectivity index (χ0v) is 13.8. The third-order valence-corrected chi connectivity index (χ3v) is 4.33. The molecule has 0 amide bonds. The summed E-state index contributed by atoms with van der Waals surface area (Å²) in [6.45, 7) is 8.67. The van der Waals surface area contributed by atoms with Crippen LogP contribution in [0.2, 0.25) is 0 Å². The quantitative estimate of drug-likeness (QED) is 0.781. The molecule has 1 aromatic carbocycles. The molecule has 0 heterocycles. The van der Waals surface area contributed by atoms with Crippen LogP contribution in [0.5, 0.6) is 5.75 Å². The van der Waals surface area contributed by atoms with E-state index in [1.54, 1.807) is 0 Å². The summed E-state index contributed by atoms with van der Waals surface area (Å²) >= 11 is 0. The van der Waals surface area contributed by atoms with E-state index in [4.69, 9.17) is 9.47 Å². The smallest absolute Gasteiger partial charge is 0.309 e. The number of hydrogen-bond acceptors (Lipinski definition) is 3. The SMILES string of the molecule is COC(=O)CC1(Oc2ccc(C(C)(C)C)cc2C)CCC1. The Balaban J connectivity index is 2.17. The molecule has 0 spiro atoms. The third kappa shape index (κ3) is 3.58. The Morgan fingerprint density at radius 2 is 1.95 bits per heavy atom. The lowest BCUT2D eigenvalue weighted by molar-refractivity contribution is -0.148. The molecular weight excluding hydrogens is 264 g/mol. The highest BCUT2D eigenvalue weighted by Crippen LogP contribution is 2.41. The van der Waals surface area contributed by atoms with Gasteiger partial charge in [-0.2, -0.15) is 0 Å². The van der Waals surface area contributed by atoms with E-state index in [1.165, 1.54) is 12.7 Å². The molecule has 0 radical (unpaired) electrons. The molecule has 3 heteroatoms. The van der Waals surface area contributed by atoms with Gasteiger partial charge in [-0.15, -0.1) is 0 Å². The van der Waals surface area contributed by atoms with E-state index < -0.39 is 0 Å². The van der Waals surface area contributed by atoms with E-state index in [1.807, 2.05) is 6.07 Å².